The van der Waals surface area contributed by atoms with Gasteiger partial charge in [0.05, 0.1) is 10.7 Å². The van der Waals surface area contributed by atoms with E-state index in [0.29, 0.717) is 0 Å². The molecule has 1 aliphatic heterocycles. The maximum atomic E-state index is 4.78. The quantitative estimate of drug-likeness (QED) is 0.742. The maximum Gasteiger partial charge on any atom is 0.0933 e. The van der Waals surface area contributed by atoms with Gasteiger partial charge in [0, 0.05) is 21.8 Å². The molecule has 1 aromatic carbocycles. The highest BCUT2D eigenvalue weighted by Crippen LogP contribution is 2.24. The van der Waals surface area contributed by atoms with Crippen molar-refractivity contribution in [3.05, 3.63) is 39.1 Å². The van der Waals surface area contributed by atoms with Gasteiger partial charge in [0.2, 0.25) is 0 Å². The summed E-state index contributed by atoms with van der Waals surface area (Å²) < 4.78 is 1.11. The van der Waals surface area contributed by atoms with E-state index in [1.54, 1.807) is 11.3 Å². The summed E-state index contributed by atoms with van der Waals surface area (Å²) >= 11 is 5.27. The molecule has 0 radical (unpaired) electrons. The molecular formula is C17H21BrN2S. The Bertz CT molecular complexity index is 558. The van der Waals surface area contributed by atoms with E-state index >= 15 is 0 Å². The number of piperidine rings is 1. The normalized spacial score (nSPS) is 16.2. The molecule has 112 valence electrons. The van der Waals surface area contributed by atoms with Crippen molar-refractivity contribution < 1.29 is 0 Å². The van der Waals surface area contributed by atoms with E-state index in [9.17, 15) is 0 Å². The molecule has 0 atom stereocenters. The van der Waals surface area contributed by atoms with E-state index in [1.165, 1.54) is 55.9 Å². The van der Waals surface area contributed by atoms with Gasteiger partial charge in [0.15, 0.2) is 0 Å². The Morgan fingerprint density at radius 2 is 1.86 bits per heavy atom. The van der Waals surface area contributed by atoms with Gasteiger partial charge in [0.1, 0.15) is 0 Å². The lowest BCUT2D eigenvalue weighted by molar-refractivity contribution is 0.226. The van der Waals surface area contributed by atoms with E-state index < -0.39 is 0 Å². The summed E-state index contributed by atoms with van der Waals surface area (Å²) in [6.45, 7) is 3.82. The molecule has 0 N–H and O–H groups in total. The maximum absolute atomic E-state index is 4.78. The minimum Gasteiger partial charge on any atom is -0.303 e. The topological polar surface area (TPSA) is 16.1 Å². The SMILES string of the molecule is Brc1ccc(-c2csc(CCCN3CCCCC3)n2)cc1. The highest BCUT2D eigenvalue weighted by atomic mass is 79.9. The van der Waals surface area contributed by atoms with Gasteiger partial charge in [0.25, 0.3) is 0 Å². The summed E-state index contributed by atoms with van der Waals surface area (Å²) in [5, 5.41) is 3.45. The van der Waals surface area contributed by atoms with Crippen LogP contribution >= 0.6 is 27.3 Å². The van der Waals surface area contributed by atoms with Crippen molar-refractivity contribution in [3.63, 3.8) is 0 Å². The van der Waals surface area contributed by atoms with Crippen LogP contribution in [0.1, 0.15) is 30.7 Å². The summed E-state index contributed by atoms with van der Waals surface area (Å²) in [6.07, 6.45) is 6.51. The molecule has 1 saturated heterocycles. The summed E-state index contributed by atoms with van der Waals surface area (Å²) in [4.78, 5) is 7.38. The summed E-state index contributed by atoms with van der Waals surface area (Å²) in [7, 11) is 0. The Kier molecular flexibility index (Phi) is 5.44. The monoisotopic (exact) mass is 364 g/mol. The molecule has 3 rings (SSSR count). The highest BCUT2D eigenvalue weighted by molar-refractivity contribution is 9.10. The van der Waals surface area contributed by atoms with Crippen LogP contribution in [-0.2, 0) is 6.42 Å². The van der Waals surface area contributed by atoms with E-state index in [1.807, 2.05) is 0 Å². The van der Waals surface area contributed by atoms with E-state index in [2.05, 4.69) is 50.5 Å². The standard InChI is InChI=1S/C17H21BrN2S/c18-15-8-6-14(7-9-15)16-13-21-17(19-16)5-4-12-20-10-2-1-3-11-20/h6-9,13H,1-5,10-12H2. The highest BCUT2D eigenvalue weighted by Gasteiger charge is 2.10. The van der Waals surface area contributed by atoms with Crippen LogP contribution < -0.4 is 0 Å². The van der Waals surface area contributed by atoms with Crippen molar-refractivity contribution >= 4 is 27.3 Å². The van der Waals surface area contributed by atoms with Crippen LogP contribution in [0.3, 0.4) is 0 Å². The number of rotatable bonds is 5. The molecule has 2 heterocycles. The predicted octanol–water partition coefficient (Wildman–Crippen LogP) is 4.99. The van der Waals surface area contributed by atoms with Gasteiger partial charge in [-0.3, -0.25) is 0 Å². The number of hydrogen-bond donors (Lipinski definition) is 0. The molecule has 0 saturated carbocycles. The Hall–Kier alpha value is -0.710. The molecule has 0 aliphatic carbocycles. The predicted molar refractivity (Wildman–Crippen MR) is 93.9 cm³/mol. The van der Waals surface area contributed by atoms with Gasteiger partial charge in [-0.15, -0.1) is 11.3 Å². The zero-order valence-electron chi connectivity index (χ0n) is 12.2. The number of nitrogens with zero attached hydrogens (tertiary/aromatic N) is 2. The molecule has 1 aromatic heterocycles. The molecule has 0 spiro atoms. The first-order valence-electron chi connectivity index (χ1n) is 7.74. The molecule has 2 aromatic rings. The smallest absolute Gasteiger partial charge is 0.0933 e. The Balaban J connectivity index is 1.51. The van der Waals surface area contributed by atoms with Gasteiger partial charge in [-0.25, -0.2) is 4.98 Å². The number of aromatic nitrogens is 1. The van der Waals surface area contributed by atoms with Crippen LogP contribution in [0.5, 0.6) is 0 Å². The van der Waals surface area contributed by atoms with Crippen molar-refractivity contribution in [1.29, 1.82) is 0 Å². The molecule has 0 amide bonds. The average Bonchev–Trinajstić information content (AvgIpc) is 2.98. The van der Waals surface area contributed by atoms with Crippen LogP contribution in [-0.4, -0.2) is 29.5 Å². The third-order valence-corrected chi connectivity index (χ3v) is 5.44. The third-order valence-electron chi connectivity index (χ3n) is 4.01. The summed E-state index contributed by atoms with van der Waals surface area (Å²) in [5.74, 6) is 0. The molecule has 0 unspecified atom stereocenters. The van der Waals surface area contributed by atoms with E-state index in [-0.39, 0.29) is 0 Å². The second-order valence-electron chi connectivity index (χ2n) is 5.64. The van der Waals surface area contributed by atoms with Crippen LogP contribution in [0.15, 0.2) is 34.1 Å². The number of benzene rings is 1. The number of aryl methyl sites for hydroxylation is 1. The first kappa shape index (κ1) is 15.2. The van der Waals surface area contributed by atoms with E-state index in [0.717, 1.165) is 16.6 Å². The fraction of sp³-hybridized carbons (Fsp3) is 0.471. The Labute approximate surface area is 139 Å². The number of likely N-dealkylation sites (tertiary alicyclic amines) is 1. The molecule has 0 bridgehead atoms. The first-order valence-corrected chi connectivity index (χ1v) is 9.41. The average molecular weight is 365 g/mol. The molecule has 21 heavy (non-hydrogen) atoms. The fourth-order valence-corrected chi connectivity index (χ4v) is 3.93. The lowest BCUT2D eigenvalue weighted by Crippen LogP contribution is -2.30. The van der Waals surface area contributed by atoms with Gasteiger partial charge in [-0.05, 0) is 51.0 Å². The lowest BCUT2D eigenvalue weighted by Gasteiger charge is -2.26. The van der Waals surface area contributed by atoms with Crippen molar-refractivity contribution in [3.8, 4) is 11.3 Å². The lowest BCUT2D eigenvalue weighted by atomic mass is 10.1. The molecule has 1 fully saturated rings. The summed E-state index contributed by atoms with van der Waals surface area (Å²) in [6, 6.07) is 8.39. The summed E-state index contributed by atoms with van der Waals surface area (Å²) in [5.41, 5.74) is 2.32. The molecular weight excluding hydrogens is 344 g/mol. The Morgan fingerprint density at radius 3 is 2.62 bits per heavy atom. The Morgan fingerprint density at radius 1 is 1.10 bits per heavy atom. The largest absolute Gasteiger partial charge is 0.303 e. The number of halogens is 1. The third kappa shape index (κ3) is 4.38. The molecule has 4 heteroatoms. The van der Waals surface area contributed by atoms with Gasteiger partial charge >= 0.3 is 0 Å². The zero-order valence-corrected chi connectivity index (χ0v) is 14.6. The van der Waals surface area contributed by atoms with Crippen molar-refractivity contribution in [1.82, 2.24) is 9.88 Å². The van der Waals surface area contributed by atoms with Crippen LogP contribution in [0, 0.1) is 0 Å². The molecule has 1 aliphatic rings. The first-order chi connectivity index (χ1) is 10.3. The van der Waals surface area contributed by atoms with Crippen LogP contribution in [0.4, 0.5) is 0 Å². The van der Waals surface area contributed by atoms with Crippen molar-refractivity contribution in [2.45, 2.75) is 32.1 Å². The number of thiazole rings is 1. The van der Waals surface area contributed by atoms with Crippen molar-refractivity contribution in [2.75, 3.05) is 19.6 Å². The van der Waals surface area contributed by atoms with Crippen LogP contribution in [0.2, 0.25) is 0 Å². The molecule has 2 nitrogen and oxygen atoms in total. The number of hydrogen-bond acceptors (Lipinski definition) is 3. The van der Waals surface area contributed by atoms with Gasteiger partial charge < -0.3 is 4.90 Å². The van der Waals surface area contributed by atoms with Crippen molar-refractivity contribution in [2.24, 2.45) is 0 Å². The second-order valence-corrected chi connectivity index (χ2v) is 7.50. The van der Waals surface area contributed by atoms with E-state index in [4.69, 9.17) is 4.98 Å². The fourth-order valence-electron chi connectivity index (χ4n) is 2.82. The minimum atomic E-state index is 1.11. The van der Waals surface area contributed by atoms with Crippen LogP contribution in [0.25, 0.3) is 11.3 Å². The van der Waals surface area contributed by atoms with Gasteiger partial charge in [-0.1, -0.05) is 34.5 Å². The second kappa shape index (κ2) is 7.52. The zero-order chi connectivity index (χ0) is 14.5. The minimum absolute atomic E-state index is 1.11. The van der Waals surface area contributed by atoms with Gasteiger partial charge in [-0.2, -0.15) is 0 Å².